The molecule has 0 bridgehead atoms. The lowest BCUT2D eigenvalue weighted by Gasteiger charge is -2.34. The summed E-state index contributed by atoms with van der Waals surface area (Å²) in [5.41, 5.74) is 24.3. The largest absolute Gasteiger partial charge is 0.310 e. The molecule has 0 aliphatic carbocycles. The van der Waals surface area contributed by atoms with Crippen molar-refractivity contribution in [3.8, 4) is 0 Å². The molecule has 0 spiro atoms. The van der Waals surface area contributed by atoms with Gasteiger partial charge < -0.3 is 19.6 Å². The molecule has 15 rings (SSSR count). The van der Waals surface area contributed by atoms with Gasteiger partial charge in [-0.15, -0.1) is 0 Å². The molecule has 0 amide bonds. The van der Waals surface area contributed by atoms with Gasteiger partial charge in [-0.3, -0.25) is 0 Å². The molecular formula is C107H125N5. The summed E-state index contributed by atoms with van der Waals surface area (Å²) in [6.45, 7) is 52.2. The van der Waals surface area contributed by atoms with Crippen molar-refractivity contribution in [2.45, 2.75) is 175 Å². The van der Waals surface area contributed by atoms with Crippen LogP contribution in [0, 0.1) is 34.3 Å². The number of nitrogens with zero attached hydrogens (tertiary/aromatic N) is 5. The molecule has 0 saturated heterocycles. The maximum atomic E-state index is 8.12. The predicted molar refractivity (Wildman–Crippen MR) is 504 cm³/mol. The molecule has 578 valence electrons. The van der Waals surface area contributed by atoms with Crippen LogP contribution in [0.5, 0.6) is 0 Å². The van der Waals surface area contributed by atoms with Crippen LogP contribution in [0.15, 0.2) is 297 Å². The molecule has 5 nitrogen and oxygen atoms in total. The van der Waals surface area contributed by atoms with Crippen molar-refractivity contribution in [1.82, 2.24) is 0 Å². The Morgan fingerprint density at radius 2 is 0.536 bits per heavy atom. The van der Waals surface area contributed by atoms with Crippen molar-refractivity contribution in [1.29, 1.82) is 0 Å². The van der Waals surface area contributed by atoms with Crippen molar-refractivity contribution in [2.24, 2.45) is 0 Å². The Hall–Kier alpha value is -11.7. The SMILES string of the molecule is CC.CC.CC(C)(C)c1ccc2c(N(c3ccccc3)c3ccccc3)c3cc(C(C)(C)C)ccc3c(N(c3ccccc3)c3ccccc3)c2c1.[2H]C.[2H]C.[2H][2H].[2H][2H].[2H][2H].[2H][2H].[C-]#[N+]c1ccc2c(N(c3ccc(C(C)(C)C)cc3)c3ccc(C)c(C)c3)cc3c4ccccc4c(N(c4ccc(C(C)(C)C)cc4)c4ccc(C)c(C)c4)cc3c2c1. The topological polar surface area (TPSA) is 17.3 Å². The van der Waals surface area contributed by atoms with E-state index in [4.69, 9.17) is 21.2 Å². The molecule has 0 radical (unpaired) electrons. The summed E-state index contributed by atoms with van der Waals surface area (Å²) >= 11 is 0. The van der Waals surface area contributed by atoms with Crippen LogP contribution >= 0.6 is 0 Å². The monoisotopic (exact) mass is 1490 g/mol. The predicted octanol–water partition coefficient (Wildman–Crippen LogP) is 34.3. The van der Waals surface area contributed by atoms with E-state index < -0.39 is 0 Å². The van der Waals surface area contributed by atoms with E-state index in [1.165, 1.54) is 92.2 Å². The highest BCUT2D eigenvalue weighted by Gasteiger charge is 2.30. The third kappa shape index (κ3) is 16.9. The van der Waals surface area contributed by atoms with Crippen LogP contribution in [0.3, 0.4) is 0 Å². The van der Waals surface area contributed by atoms with Gasteiger partial charge in [-0.2, -0.15) is 0 Å². The van der Waals surface area contributed by atoms with E-state index >= 15 is 0 Å². The molecule has 0 fully saturated rings. The van der Waals surface area contributed by atoms with E-state index in [2.05, 4.69) is 426 Å². The molecule has 0 aliphatic heterocycles. The van der Waals surface area contributed by atoms with Gasteiger partial charge >= 0.3 is 0 Å². The van der Waals surface area contributed by atoms with E-state index in [1.54, 1.807) is 0 Å². The second kappa shape index (κ2) is 34.3. The lowest BCUT2D eigenvalue weighted by atomic mass is 9.82. The minimum absolute atomic E-state index is 0.0282. The summed E-state index contributed by atoms with van der Waals surface area (Å²) in [6.07, 6.45) is 0. The minimum Gasteiger partial charge on any atom is -0.310 e. The van der Waals surface area contributed by atoms with Crippen LogP contribution in [-0.2, 0) is 21.7 Å². The molecule has 0 atom stereocenters. The molecule has 0 heterocycles. The van der Waals surface area contributed by atoms with Gasteiger partial charge in [-0.1, -0.05) is 295 Å². The normalized spacial score (nSPS) is 11.8. The first-order valence-electron chi connectivity index (χ1n) is 45.3. The van der Waals surface area contributed by atoms with E-state index in [-0.39, 0.29) is 21.7 Å². The number of fused-ring (bicyclic) bond motifs is 7. The molecule has 15 aromatic rings. The van der Waals surface area contributed by atoms with Crippen LogP contribution in [0.2, 0.25) is 0 Å². The Morgan fingerprint density at radius 1 is 0.259 bits per heavy atom. The highest BCUT2D eigenvalue weighted by atomic mass is 15.2. The fourth-order valence-corrected chi connectivity index (χ4v) is 14.9. The van der Waals surface area contributed by atoms with E-state index in [0.29, 0.717) is 5.69 Å². The lowest BCUT2D eigenvalue weighted by Crippen LogP contribution is -2.16. The Kier molecular flexibility index (Phi) is 22.8. The third-order valence-electron chi connectivity index (χ3n) is 21.3. The second-order valence-electron chi connectivity index (χ2n) is 32.8. The van der Waals surface area contributed by atoms with Gasteiger partial charge in [0.05, 0.1) is 29.3 Å². The van der Waals surface area contributed by atoms with E-state index in [9.17, 15) is 0 Å². The van der Waals surface area contributed by atoms with Crippen LogP contribution in [-0.4, -0.2) is 0 Å². The van der Waals surface area contributed by atoms with Gasteiger partial charge in [-0.25, -0.2) is 4.85 Å². The Morgan fingerprint density at radius 3 is 0.866 bits per heavy atom. The Bertz CT molecular complexity index is 5600. The fourth-order valence-electron chi connectivity index (χ4n) is 14.9. The number of hydrogen-bond donors (Lipinski definition) is 0. The maximum absolute atomic E-state index is 8.12. The first kappa shape index (κ1) is 74.4. The summed E-state index contributed by atoms with van der Waals surface area (Å²) in [6, 6.07) is 109. The summed E-state index contributed by atoms with van der Waals surface area (Å²) < 4.78 is 51.5. The van der Waals surface area contributed by atoms with Gasteiger partial charge in [0.2, 0.25) is 0 Å². The summed E-state index contributed by atoms with van der Waals surface area (Å²) in [5.74, 6) is 0. The number of aryl methyl sites for hydroxylation is 4. The Labute approximate surface area is 686 Å². The van der Waals surface area contributed by atoms with Gasteiger partial charge in [0, 0.05) is 92.4 Å². The van der Waals surface area contributed by atoms with Crippen LogP contribution in [0.1, 0.15) is 185 Å². The fraction of sp³-hybridized carbons (Fsp3) is 0.243. The standard InChI is InChI=1S/C55H53N3.C46H44N2.2C2H6.2CH4.4H2/c1-35-16-23-44(30-37(35)3)57(42-25-18-39(19-26-42)54(5,6)7)52-34-51-49-32-41(56-11)22-29-48(49)53(33-50(51)46-14-12-13-15-47(46)52)58(45-24-17-36(2)38(4)31-45)43-27-20-40(21-28-43)55(8,9)10;1-45(2,3)33-27-29-39-41(31-33)43(47(35-19-11-7-12-20-35)36-21-13-8-14-22-36)40-30-28-34(46(4,5)6)32-42(40)44(39)48(37-23-15-9-16-24-37)38-25-17-10-18-26-38;2*1-2;;;;;;/h12-34H,1-10H3;7-32H,1-6H3;2*1-2H3;2*1H4;4*1H/i;;;;2*1D;4*1+1D. The average Bonchev–Trinajstić information content (AvgIpc) is 0.720. The Balaban J connectivity index is 0.000000329. The van der Waals surface area contributed by atoms with Gasteiger partial charge in [-0.05, 0) is 243 Å². The van der Waals surface area contributed by atoms with Crippen molar-refractivity contribution in [3.05, 3.63) is 353 Å². The second-order valence-corrected chi connectivity index (χ2v) is 32.8. The quantitative estimate of drug-likeness (QED) is 0.0525. The molecule has 0 unspecified atom stereocenters. The van der Waals surface area contributed by atoms with Gasteiger partial charge in [0.25, 0.3) is 0 Å². The van der Waals surface area contributed by atoms with Gasteiger partial charge in [0.15, 0.2) is 5.69 Å². The zero-order chi connectivity index (χ0) is 90.6. The average molecular weight is 1490 g/mol. The van der Waals surface area contributed by atoms with Crippen LogP contribution < -0.4 is 19.6 Å². The van der Waals surface area contributed by atoms with Gasteiger partial charge in [0.1, 0.15) is 0 Å². The number of rotatable bonds is 12. The first-order valence-corrected chi connectivity index (χ1v) is 39.3. The third-order valence-corrected chi connectivity index (χ3v) is 21.3. The zero-order valence-corrected chi connectivity index (χ0v) is 70.5. The molecule has 15 aromatic carbocycles. The lowest BCUT2D eigenvalue weighted by molar-refractivity contribution is 0.590. The summed E-state index contributed by atoms with van der Waals surface area (Å²) in [7, 11) is 2.50. The summed E-state index contributed by atoms with van der Waals surface area (Å²) in [4.78, 5) is 13.7. The van der Waals surface area contributed by atoms with Crippen molar-refractivity contribution >= 4 is 128 Å². The first-order chi connectivity index (χ1) is 58.7. The zero-order valence-electron chi connectivity index (χ0n) is 80.5. The maximum Gasteiger partial charge on any atom is 0.187 e. The van der Waals surface area contributed by atoms with Crippen LogP contribution in [0.25, 0.3) is 58.7 Å². The molecule has 0 saturated carbocycles. The molecule has 0 aliphatic rings. The van der Waals surface area contributed by atoms with E-state index in [1.807, 2.05) is 33.8 Å². The number of para-hydroxylation sites is 4. The minimum atomic E-state index is -0.0282. The number of hydrogen-bond acceptors (Lipinski definition) is 4. The molecular weight excluding hydrogens is 1360 g/mol. The van der Waals surface area contributed by atoms with Crippen molar-refractivity contribution in [2.75, 3.05) is 19.6 Å². The number of benzene rings is 15. The number of anilines is 12. The summed E-state index contributed by atoms with van der Waals surface area (Å²) in [5, 5.41) is 11.6. The van der Waals surface area contributed by atoms with Crippen molar-refractivity contribution < 1.29 is 14.6 Å². The highest BCUT2D eigenvalue weighted by Crippen LogP contribution is 2.54. The molecule has 0 N–H and O–H groups in total. The molecule has 0 aromatic heterocycles. The van der Waals surface area contributed by atoms with Crippen LogP contribution in [0.4, 0.5) is 73.9 Å². The highest BCUT2D eigenvalue weighted by molar-refractivity contribution is 6.26. The smallest absolute Gasteiger partial charge is 0.187 e. The molecule has 112 heavy (non-hydrogen) atoms. The van der Waals surface area contributed by atoms with Crippen molar-refractivity contribution in [3.63, 3.8) is 0 Å². The van der Waals surface area contributed by atoms with E-state index in [0.717, 1.165) is 89.2 Å². The molecule has 5 heteroatoms.